The molecule has 3 nitrogen and oxygen atoms in total. The summed E-state index contributed by atoms with van der Waals surface area (Å²) in [6.07, 6.45) is 2.28. The Morgan fingerprint density at radius 1 is 1.44 bits per heavy atom. The molecule has 1 fully saturated rings. The second-order valence-corrected chi connectivity index (χ2v) is 5.58. The third-order valence-electron chi connectivity index (χ3n) is 3.54. The van der Waals surface area contributed by atoms with E-state index in [0.717, 1.165) is 53.7 Å². The number of methoxy groups -OCH3 is 1. The van der Waals surface area contributed by atoms with E-state index in [9.17, 15) is 0 Å². The lowest BCUT2D eigenvalue weighted by Crippen LogP contribution is -2.41. The van der Waals surface area contributed by atoms with Gasteiger partial charge < -0.3 is 15.8 Å². The van der Waals surface area contributed by atoms with Gasteiger partial charge in [-0.1, -0.05) is 11.6 Å². The molecule has 0 aliphatic heterocycles. The molecule has 0 radical (unpaired) electrons. The van der Waals surface area contributed by atoms with Gasteiger partial charge in [0.15, 0.2) is 0 Å². The molecule has 0 aromatic heterocycles. The molecule has 0 heterocycles. The van der Waals surface area contributed by atoms with Gasteiger partial charge in [0.1, 0.15) is 5.75 Å². The molecule has 4 heteroatoms. The summed E-state index contributed by atoms with van der Waals surface area (Å²) in [5.41, 5.74) is 7.97. The molecule has 18 heavy (non-hydrogen) atoms. The molecule has 1 saturated carbocycles. The molecule has 0 amide bonds. The first-order valence-corrected chi connectivity index (χ1v) is 6.77. The highest BCUT2D eigenvalue weighted by Gasteiger charge is 2.25. The van der Waals surface area contributed by atoms with Crippen LogP contribution in [-0.2, 0) is 6.54 Å². The second kappa shape index (κ2) is 5.91. The van der Waals surface area contributed by atoms with Crippen LogP contribution in [0.4, 0.5) is 0 Å². The molecule has 0 atom stereocenters. The van der Waals surface area contributed by atoms with Crippen LogP contribution in [0, 0.1) is 12.8 Å². The Morgan fingerprint density at radius 2 is 2.17 bits per heavy atom. The molecule has 0 unspecified atom stereocenters. The van der Waals surface area contributed by atoms with Crippen molar-refractivity contribution in [1.29, 1.82) is 0 Å². The van der Waals surface area contributed by atoms with Crippen molar-refractivity contribution in [2.45, 2.75) is 32.4 Å². The Bertz CT molecular complexity index is 417. The number of rotatable bonds is 5. The molecule has 1 aliphatic rings. The van der Waals surface area contributed by atoms with Gasteiger partial charge in [-0.25, -0.2) is 0 Å². The van der Waals surface area contributed by atoms with Gasteiger partial charge in [0, 0.05) is 23.2 Å². The number of nitrogens with one attached hydrogen (secondary N) is 1. The van der Waals surface area contributed by atoms with Gasteiger partial charge in [-0.3, -0.25) is 0 Å². The number of benzene rings is 1. The number of ether oxygens (including phenoxy) is 1. The monoisotopic (exact) mass is 268 g/mol. The van der Waals surface area contributed by atoms with Gasteiger partial charge in [0.05, 0.1) is 7.11 Å². The summed E-state index contributed by atoms with van der Waals surface area (Å²) in [5.74, 6) is 1.66. The summed E-state index contributed by atoms with van der Waals surface area (Å²) in [7, 11) is 1.70. The maximum Gasteiger partial charge on any atom is 0.126 e. The molecule has 2 rings (SSSR count). The van der Waals surface area contributed by atoms with Crippen molar-refractivity contribution in [1.82, 2.24) is 5.32 Å². The van der Waals surface area contributed by atoms with E-state index in [0.29, 0.717) is 6.04 Å². The number of hydrogen-bond acceptors (Lipinski definition) is 3. The van der Waals surface area contributed by atoms with Crippen molar-refractivity contribution < 1.29 is 4.74 Å². The Morgan fingerprint density at radius 3 is 2.78 bits per heavy atom. The van der Waals surface area contributed by atoms with E-state index < -0.39 is 0 Å². The number of aryl methyl sites for hydroxylation is 1. The fourth-order valence-corrected chi connectivity index (χ4v) is 2.88. The lowest BCUT2D eigenvalue weighted by molar-refractivity contribution is 0.255. The lowest BCUT2D eigenvalue weighted by Gasteiger charge is -2.32. The van der Waals surface area contributed by atoms with Crippen LogP contribution in [0.3, 0.4) is 0 Å². The predicted octanol–water partition coefficient (Wildman–Crippen LogP) is 2.48. The topological polar surface area (TPSA) is 47.3 Å². The Labute approximate surface area is 114 Å². The average Bonchev–Trinajstić information content (AvgIpc) is 2.26. The van der Waals surface area contributed by atoms with E-state index in [4.69, 9.17) is 22.1 Å². The SMILES string of the molecule is COc1c(C)cc(Cl)cc1CNCC1CC(N)C1. The molecule has 1 aromatic carbocycles. The number of halogens is 1. The largest absolute Gasteiger partial charge is 0.496 e. The highest BCUT2D eigenvalue weighted by Crippen LogP contribution is 2.28. The normalized spacial score (nSPS) is 22.7. The van der Waals surface area contributed by atoms with Gasteiger partial charge in [-0.15, -0.1) is 0 Å². The standard InChI is InChI=1S/C14H21ClN2O/c1-9-3-12(15)6-11(14(9)18-2)8-17-7-10-4-13(16)5-10/h3,6,10,13,17H,4-5,7-8,16H2,1-2H3. The number of hydrogen-bond donors (Lipinski definition) is 2. The minimum Gasteiger partial charge on any atom is -0.496 e. The Hall–Kier alpha value is -0.770. The first-order valence-electron chi connectivity index (χ1n) is 6.39. The summed E-state index contributed by atoms with van der Waals surface area (Å²) in [6, 6.07) is 4.31. The Kier molecular flexibility index (Phi) is 4.49. The summed E-state index contributed by atoms with van der Waals surface area (Å²) in [5, 5.41) is 4.22. The van der Waals surface area contributed by atoms with Crippen LogP contribution in [0.1, 0.15) is 24.0 Å². The Balaban J connectivity index is 1.91. The molecule has 1 aliphatic carbocycles. The van der Waals surface area contributed by atoms with Gasteiger partial charge in [-0.05, 0) is 49.9 Å². The van der Waals surface area contributed by atoms with E-state index in [1.165, 1.54) is 0 Å². The summed E-state index contributed by atoms with van der Waals surface area (Å²) < 4.78 is 5.43. The van der Waals surface area contributed by atoms with Gasteiger partial charge >= 0.3 is 0 Å². The second-order valence-electron chi connectivity index (χ2n) is 5.14. The highest BCUT2D eigenvalue weighted by atomic mass is 35.5. The zero-order valence-electron chi connectivity index (χ0n) is 11.0. The van der Waals surface area contributed by atoms with Crippen LogP contribution in [0.2, 0.25) is 5.02 Å². The zero-order valence-corrected chi connectivity index (χ0v) is 11.8. The maximum absolute atomic E-state index is 6.08. The quantitative estimate of drug-likeness (QED) is 0.863. The molecule has 100 valence electrons. The molecular weight excluding hydrogens is 248 g/mol. The first-order chi connectivity index (χ1) is 8.60. The van der Waals surface area contributed by atoms with Gasteiger partial charge in [0.25, 0.3) is 0 Å². The first kappa shape index (κ1) is 13.7. The third-order valence-corrected chi connectivity index (χ3v) is 3.76. The zero-order chi connectivity index (χ0) is 13.1. The van der Waals surface area contributed by atoms with Crippen molar-refractivity contribution in [3.63, 3.8) is 0 Å². The van der Waals surface area contributed by atoms with E-state index in [1.54, 1.807) is 7.11 Å². The summed E-state index contributed by atoms with van der Waals surface area (Å²) in [4.78, 5) is 0. The third kappa shape index (κ3) is 3.16. The molecule has 0 spiro atoms. The molecule has 0 bridgehead atoms. The minimum atomic E-state index is 0.416. The predicted molar refractivity (Wildman–Crippen MR) is 75.1 cm³/mol. The van der Waals surface area contributed by atoms with Crippen molar-refractivity contribution in [3.8, 4) is 5.75 Å². The van der Waals surface area contributed by atoms with Crippen LogP contribution in [-0.4, -0.2) is 19.7 Å². The molecule has 3 N–H and O–H groups in total. The summed E-state index contributed by atoms with van der Waals surface area (Å²) in [6.45, 7) is 3.82. The summed E-state index contributed by atoms with van der Waals surface area (Å²) >= 11 is 6.08. The van der Waals surface area contributed by atoms with Crippen LogP contribution in [0.5, 0.6) is 5.75 Å². The minimum absolute atomic E-state index is 0.416. The van der Waals surface area contributed by atoms with E-state index in [2.05, 4.69) is 5.32 Å². The molecule has 1 aromatic rings. The van der Waals surface area contributed by atoms with Gasteiger partial charge in [0.2, 0.25) is 0 Å². The molecule has 0 saturated heterocycles. The van der Waals surface area contributed by atoms with Crippen LogP contribution < -0.4 is 15.8 Å². The van der Waals surface area contributed by atoms with Crippen molar-refractivity contribution >= 4 is 11.6 Å². The van der Waals surface area contributed by atoms with Crippen molar-refractivity contribution in [2.75, 3.05) is 13.7 Å². The van der Waals surface area contributed by atoms with Crippen LogP contribution >= 0.6 is 11.6 Å². The average molecular weight is 269 g/mol. The fourth-order valence-electron chi connectivity index (χ4n) is 2.59. The smallest absolute Gasteiger partial charge is 0.126 e. The van der Waals surface area contributed by atoms with Crippen molar-refractivity contribution in [3.05, 3.63) is 28.3 Å². The van der Waals surface area contributed by atoms with E-state index >= 15 is 0 Å². The highest BCUT2D eigenvalue weighted by molar-refractivity contribution is 6.30. The van der Waals surface area contributed by atoms with Crippen molar-refractivity contribution in [2.24, 2.45) is 11.7 Å². The lowest BCUT2D eigenvalue weighted by atomic mass is 9.81. The van der Waals surface area contributed by atoms with Gasteiger partial charge in [-0.2, -0.15) is 0 Å². The molecular formula is C14H21ClN2O. The van der Waals surface area contributed by atoms with E-state index in [-0.39, 0.29) is 0 Å². The fraction of sp³-hybridized carbons (Fsp3) is 0.571. The number of nitrogens with two attached hydrogens (primary N) is 1. The van der Waals surface area contributed by atoms with E-state index in [1.807, 2.05) is 19.1 Å². The van der Waals surface area contributed by atoms with Crippen LogP contribution in [0.25, 0.3) is 0 Å². The van der Waals surface area contributed by atoms with Crippen LogP contribution in [0.15, 0.2) is 12.1 Å². The maximum atomic E-state index is 6.08.